The van der Waals surface area contributed by atoms with Crippen molar-refractivity contribution in [1.82, 2.24) is 4.90 Å². The summed E-state index contributed by atoms with van der Waals surface area (Å²) in [6.45, 7) is 5.57. The van der Waals surface area contributed by atoms with Crippen LogP contribution in [0.4, 0.5) is 10.1 Å². The molecule has 2 aromatic carbocycles. The molecule has 1 saturated heterocycles. The highest BCUT2D eigenvalue weighted by atomic mass is 19.1. The first kappa shape index (κ1) is 19.9. The molecule has 1 aliphatic rings. The molecule has 3 rings (SSSR count). The van der Waals surface area contributed by atoms with E-state index in [0.29, 0.717) is 43.2 Å². The monoisotopic (exact) mass is 384 g/mol. The Kier molecular flexibility index (Phi) is 6.29. The first-order chi connectivity index (χ1) is 13.5. The second-order valence-electron chi connectivity index (χ2n) is 6.88. The summed E-state index contributed by atoms with van der Waals surface area (Å²) in [5, 5.41) is 0. The SMILES string of the molecule is CCc1ccc(OCC(=O)N2CCN(c3ccc(C(C)=O)cc3F)CC2)cc1. The maximum Gasteiger partial charge on any atom is 0.260 e. The van der Waals surface area contributed by atoms with Gasteiger partial charge in [0.1, 0.15) is 11.6 Å². The summed E-state index contributed by atoms with van der Waals surface area (Å²) >= 11 is 0. The highest BCUT2D eigenvalue weighted by molar-refractivity contribution is 5.94. The average molecular weight is 384 g/mol. The highest BCUT2D eigenvalue weighted by Gasteiger charge is 2.23. The van der Waals surface area contributed by atoms with Crippen LogP contribution in [0.25, 0.3) is 0 Å². The molecule has 2 aromatic rings. The van der Waals surface area contributed by atoms with Crippen molar-refractivity contribution >= 4 is 17.4 Å². The van der Waals surface area contributed by atoms with Gasteiger partial charge in [0.25, 0.3) is 5.91 Å². The standard InChI is InChI=1S/C22H25FN2O3/c1-3-17-4-7-19(8-5-17)28-15-22(27)25-12-10-24(11-13-25)21-9-6-18(16(2)26)14-20(21)23/h4-9,14H,3,10-13,15H2,1-2H3. The van der Waals surface area contributed by atoms with Gasteiger partial charge in [0.05, 0.1) is 5.69 Å². The largest absolute Gasteiger partial charge is 0.484 e. The Morgan fingerprint density at radius 3 is 2.29 bits per heavy atom. The molecule has 0 saturated carbocycles. The van der Waals surface area contributed by atoms with Crippen molar-refractivity contribution in [2.45, 2.75) is 20.3 Å². The van der Waals surface area contributed by atoms with Gasteiger partial charge in [-0.15, -0.1) is 0 Å². The molecule has 0 unspecified atom stereocenters. The molecule has 0 aromatic heterocycles. The minimum absolute atomic E-state index is 0.00680. The fourth-order valence-corrected chi connectivity index (χ4v) is 3.24. The summed E-state index contributed by atoms with van der Waals surface area (Å²) in [6, 6.07) is 12.3. The summed E-state index contributed by atoms with van der Waals surface area (Å²) in [5.41, 5.74) is 2.04. The van der Waals surface area contributed by atoms with Crippen molar-refractivity contribution in [1.29, 1.82) is 0 Å². The minimum Gasteiger partial charge on any atom is -0.484 e. The summed E-state index contributed by atoms with van der Waals surface area (Å²) < 4.78 is 19.9. The summed E-state index contributed by atoms with van der Waals surface area (Å²) in [4.78, 5) is 27.4. The van der Waals surface area contributed by atoms with E-state index in [0.717, 1.165) is 6.42 Å². The molecule has 0 spiro atoms. The lowest BCUT2D eigenvalue weighted by Crippen LogP contribution is -2.50. The van der Waals surface area contributed by atoms with Crippen LogP contribution in [-0.2, 0) is 11.2 Å². The molecule has 148 valence electrons. The van der Waals surface area contributed by atoms with E-state index < -0.39 is 5.82 Å². The Morgan fingerprint density at radius 2 is 1.71 bits per heavy atom. The molecule has 1 aliphatic heterocycles. The van der Waals surface area contributed by atoms with E-state index >= 15 is 0 Å². The second-order valence-corrected chi connectivity index (χ2v) is 6.88. The number of aryl methyl sites for hydroxylation is 1. The van der Waals surface area contributed by atoms with Gasteiger partial charge in [-0.25, -0.2) is 4.39 Å². The Morgan fingerprint density at radius 1 is 1.04 bits per heavy atom. The van der Waals surface area contributed by atoms with Crippen LogP contribution < -0.4 is 9.64 Å². The number of rotatable bonds is 6. The Bertz CT molecular complexity index is 843. The number of carbonyl (C=O) groups is 2. The summed E-state index contributed by atoms with van der Waals surface area (Å²) in [7, 11) is 0. The number of ketones is 1. The van der Waals surface area contributed by atoms with Crippen LogP contribution >= 0.6 is 0 Å². The lowest BCUT2D eigenvalue weighted by atomic mass is 10.1. The third kappa shape index (κ3) is 4.68. The first-order valence-corrected chi connectivity index (χ1v) is 9.53. The van der Waals surface area contributed by atoms with Gasteiger partial charge in [-0.05, 0) is 49.2 Å². The number of carbonyl (C=O) groups excluding carboxylic acids is 2. The van der Waals surface area contributed by atoms with Gasteiger partial charge in [0, 0.05) is 31.7 Å². The molecule has 1 heterocycles. The van der Waals surface area contributed by atoms with Gasteiger partial charge in [-0.2, -0.15) is 0 Å². The summed E-state index contributed by atoms with van der Waals surface area (Å²) in [5.74, 6) is 0.0278. The number of benzene rings is 2. The zero-order valence-corrected chi connectivity index (χ0v) is 16.3. The molecule has 1 fully saturated rings. The van der Waals surface area contributed by atoms with Crippen molar-refractivity contribution in [2.75, 3.05) is 37.7 Å². The van der Waals surface area contributed by atoms with E-state index in [1.54, 1.807) is 17.0 Å². The van der Waals surface area contributed by atoms with E-state index in [2.05, 4.69) is 6.92 Å². The van der Waals surface area contributed by atoms with E-state index in [1.165, 1.54) is 18.6 Å². The van der Waals surface area contributed by atoms with Gasteiger partial charge in [0.15, 0.2) is 12.4 Å². The van der Waals surface area contributed by atoms with E-state index in [-0.39, 0.29) is 18.3 Å². The van der Waals surface area contributed by atoms with Crippen LogP contribution in [0.3, 0.4) is 0 Å². The number of Topliss-reactive ketones (excluding diaryl/α,β-unsaturated/α-hetero) is 1. The third-order valence-corrected chi connectivity index (χ3v) is 5.02. The Balaban J connectivity index is 1.51. The van der Waals surface area contributed by atoms with Crippen LogP contribution in [0, 0.1) is 5.82 Å². The Labute approximate surface area is 164 Å². The maximum absolute atomic E-state index is 14.3. The fraction of sp³-hybridized carbons (Fsp3) is 0.364. The molecule has 1 amide bonds. The van der Waals surface area contributed by atoms with Crippen molar-refractivity contribution < 1.29 is 18.7 Å². The number of nitrogens with zero attached hydrogens (tertiary/aromatic N) is 2. The van der Waals surface area contributed by atoms with Crippen LogP contribution in [-0.4, -0.2) is 49.4 Å². The van der Waals surface area contributed by atoms with Crippen LogP contribution in [0.15, 0.2) is 42.5 Å². The number of amides is 1. The molecular formula is C22H25FN2O3. The van der Waals surface area contributed by atoms with Crippen molar-refractivity contribution in [3.63, 3.8) is 0 Å². The van der Waals surface area contributed by atoms with Gasteiger partial charge < -0.3 is 14.5 Å². The zero-order chi connectivity index (χ0) is 20.1. The fourth-order valence-electron chi connectivity index (χ4n) is 3.24. The smallest absolute Gasteiger partial charge is 0.260 e. The van der Waals surface area contributed by atoms with Crippen LogP contribution in [0.5, 0.6) is 5.75 Å². The normalized spacial score (nSPS) is 14.1. The van der Waals surface area contributed by atoms with E-state index in [9.17, 15) is 14.0 Å². The predicted octanol–water partition coefficient (Wildman–Crippen LogP) is 3.32. The average Bonchev–Trinajstić information content (AvgIpc) is 2.72. The number of ether oxygens (including phenoxy) is 1. The third-order valence-electron chi connectivity index (χ3n) is 5.02. The van der Waals surface area contributed by atoms with Gasteiger partial charge in [-0.3, -0.25) is 9.59 Å². The summed E-state index contributed by atoms with van der Waals surface area (Å²) in [6.07, 6.45) is 0.960. The van der Waals surface area contributed by atoms with Gasteiger partial charge in [-0.1, -0.05) is 19.1 Å². The molecule has 0 radical (unpaired) electrons. The molecule has 0 aliphatic carbocycles. The number of piperazine rings is 1. The van der Waals surface area contributed by atoms with Crippen LogP contribution in [0.1, 0.15) is 29.8 Å². The quantitative estimate of drug-likeness (QED) is 0.717. The maximum atomic E-state index is 14.3. The van der Waals surface area contributed by atoms with Gasteiger partial charge >= 0.3 is 0 Å². The van der Waals surface area contributed by atoms with E-state index in [1.807, 2.05) is 29.2 Å². The van der Waals surface area contributed by atoms with E-state index in [4.69, 9.17) is 4.74 Å². The first-order valence-electron chi connectivity index (χ1n) is 9.53. The molecule has 28 heavy (non-hydrogen) atoms. The zero-order valence-electron chi connectivity index (χ0n) is 16.3. The molecule has 0 bridgehead atoms. The number of hydrogen-bond donors (Lipinski definition) is 0. The topological polar surface area (TPSA) is 49.9 Å². The van der Waals surface area contributed by atoms with Crippen LogP contribution in [0.2, 0.25) is 0 Å². The van der Waals surface area contributed by atoms with Crippen molar-refractivity contribution in [3.05, 3.63) is 59.4 Å². The predicted molar refractivity (Wildman–Crippen MR) is 107 cm³/mol. The lowest BCUT2D eigenvalue weighted by molar-refractivity contribution is -0.133. The molecular weight excluding hydrogens is 359 g/mol. The molecule has 6 heteroatoms. The molecule has 0 N–H and O–H groups in total. The van der Waals surface area contributed by atoms with Crippen molar-refractivity contribution in [2.24, 2.45) is 0 Å². The minimum atomic E-state index is -0.411. The number of hydrogen-bond acceptors (Lipinski definition) is 4. The highest BCUT2D eigenvalue weighted by Crippen LogP contribution is 2.22. The number of anilines is 1. The van der Waals surface area contributed by atoms with Crippen molar-refractivity contribution in [3.8, 4) is 5.75 Å². The molecule has 0 atom stereocenters. The molecule has 5 nitrogen and oxygen atoms in total. The Hall–Kier alpha value is -2.89. The lowest BCUT2D eigenvalue weighted by Gasteiger charge is -2.36. The number of halogens is 1. The van der Waals surface area contributed by atoms with Gasteiger partial charge in [0.2, 0.25) is 0 Å². The second kappa shape index (κ2) is 8.87.